The largest absolute Gasteiger partial charge is 0.480 e. The number of hydrogen-bond acceptors (Lipinski definition) is 11. The highest BCUT2D eigenvalue weighted by molar-refractivity contribution is 6.00. The predicted molar refractivity (Wildman–Crippen MR) is 260 cm³/mol. The summed E-state index contributed by atoms with van der Waals surface area (Å²) in [6, 6.07) is 0.528. The fraction of sp³-hybridized carbons (Fsp3) is 0.542. The third kappa shape index (κ3) is 19.5. The lowest BCUT2D eigenvalue weighted by Crippen LogP contribution is -2.59. The number of nitrogens with zero attached hydrogens (tertiary/aromatic N) is 2. The average Bonchev–Trinajstić information content (AvgIpc) is 3.29. The molecule has 1 aromatic rings. The second-order valence-electron chi connectivity index (χ2n) is 18.1. The van der Waals surface area contributed by atoms with Crippen LogP contribution in [0.25, 0.3) is 0 Å². The minimum atomic E-state index is -1.89. The molecule has 0 spiro atoms. The topological polar surface area (TPSA) is 354 Å². The minimum absolute atomic E-state index is 0.000429. The van der Waals surface area contributed by atoms with Gasteiger partial charge >= 0.3 is 11.9 Å². The maximum absolute atomic E-state index is 14.3. The summed E-state index contributed by atoms with van der Waals surface area (Å²) < 4.78 is 0. The molecule has 386 valence electrons. The molecule has 1 aromatic carbocycles. The van der Waals surface area contributed by atoms with Gasteiger partial charge in [0.2, 0.25) is 35.4 Å². The Morgan fingerprint density at radius 3 is 2.01 bits per heavy atom. The van der Waals surface area contributed by atoms with Crippen LogP contribution in [0.5, 0.6) is 0 Å². The highest BCUT2D eigenvalue weighted by atomic mass is 16.4. The number of nitrogens with two attached hydrogens (primary N) is 2. The molecule has 22 nitrogen and oxygen atoms in total. The molecule has 10 unspecified atom stereocenters. The highest BCUT2D eigenvalue weighted by Crippen LogP contribution is 2.17. The predicted octanol–water partition coefficient (Wildman–Crippen LogP) is -0.0357. The number of guanidine groups is 1. The van der Waals surface area contributed by atoms with Crippen LogP contribution in [0.3, 0.4) is 0 Å². The van der Waals surface area contributed by atoms with Crippen molar-refractivity contribution < 1.29 is 58.5 Å². The second-order valence-corrected chi connectivity index (χ2v) is 18.1. The van der Waals surface area contributed by atoms with Gasteiger partial charge in [0.1, 0.15) is 35.9 Å². The van der Waals surface area contributed by atoms with E-state index in [4.69, 9.17) is 11.5 Å². The van der Waals surface area contributed by atoms with E-state index in [9.17, 15) is 58.5 Å². The van der Waals surface area contributed by atoms with Gasteiger partial charge in [-0.25, -0.2) is 9.59 Å². The van der Waals surface area contributed by atoms with Gasteiger partial charge in [-0.15, -0.1) is 0 Å². The van der Waals surface area contributed by atoms with E-state index in [0.29, 0.717) is 12.0 Å². The molecule has 1 aliphatic heterocycles. The summed E-state index contributed by atoms with van der Waals surface area (Å²) in [6.45, 7) is 14.6. The van der Waals surface area contributed by atoms with Gasteiger partial charge in [-0.2, -0.15) is 0 Å². The van der Waals surface area contributed by atoms with Crippen molar-refractivity contribution in [3.8, 4) is 0 Å². The highest BCUT2D eigenvalue weighted by Gasteiger charge is 2.37. The maximum Gasteiger partial charge on any atom is 0.327 e. The van der Waals surface area contributed by atoms with Crippen molar-refractivity contribution in [3.63, 3.8) is 0 Å². The first-order valence-electron chi connectivity index (χ1n) is 23.1. The van der Waals surface area contributed by atoms with Crippen molar-refractivity contribution in [1.82, 2.24) is 36.8 Å². The van der Waals surface area contributed by atoms with Crippen LogP contribution in [-0.2, 0) is 49.6 Å². The molecule has 2 rings (SSSR count). The molecule has 1 aliphatic rings. The molecule has 7 amide bonds. The Labute approximate surface area is 408 Å². The first-order chi connectivity index (χ1) is 32.7. The number of carboxylic acids is 2. The fourth-order valence-electron chi connectivity index (χ4n) is 7.17. The van der Waals surface area contributed by atoms with E-state index in [1.807, 2.05) is 37.3 Å². The van der Waals surface area contributed by atoms with Crippen LogP contribution in [0.4, 0.5) is 0 Å². The SMILES string of the molecule is C=C1C(=O)NC(C)C(=O)NC(CC(C)C)C(=O)NC(C(=O)O)C(C)C(=O)NC(CCCN=C(N)N)C(=O)NC(C=CC(C)=CC(C)C(O)Cc2ccccc2)C(C)C(=O)NC(C(=O)O)CCC(=O)N1C. The molecule has 22 heteroatoms. The number of carboxylic acid groups (broad SMARTS) is 2. The molecule has 0 aromatic heterocycles. The average molecular weight is 981 g/mol. The van der Waals surface area contributed by atoms with Crippen molar-refractivity contribution in [2.75, 3.05) is 13.6 Å². The number of rotatable bonds is 14. The molecule has 1 saturated heterocycles. The van der Waals surface area contributed by atoms with Crippen LogP contribution in [-0.4, -0.2) is 135 Å². The molecular weight excluding hydrogens is 909 g/mol. The summed E-state index contributed by atoms with van der Waals surface area (Å²) >= 11 is 0. The lowest BCUT2D eigenvalue weighted by atomic mass is 9.94. The zero-order chi connectivity index (χ0) is 53.0. The third-order valence-corrected chi connectivity index (χ3v) is 11.7. The summed E-state index contributed by atoms with van der Waals surface area (Å²) in [5, 5.41) is 46.3. The summed E-state index contributed by atoms with van der Waals surface area (Å²) in [4.78, 5) is 126. The quantitative estimate of drug-likeness (QED) is 0.0384. The Kier molecular flexibility index (Phi) is 24.0. The summed E-state index contributed by atoms with van der Waals surface area (Å²) in [6.07, 6.45) is 3.51. The number of carbonyl (C=O) groups excluding carboxylic acids is 7. The number of aliphatic hydroxyl groups is 1. The van der Waals surface area contributed by atoms with Gasteiger partial charge in [0.05, 0.1) is 24.0 Å². The Bertz CT molecular complexity index is 2140. The molecule has 70 heavy (non-hydrogen) atoms. The number of aliphatic hydroxyl groups excluding tert-OH is 1. The Hall–Kier alpha value is -7.10. The molecular formula is C48H72N10O12. The van der Waals surface area contributed by atoms with E-state index in [0.717, 1.165) is 10.5 Å². The van der Waals surface area contributed by atoms with Crippen molar-refractivity contribution >= 4 is 59.2 Å². The van der Waals surface area contributed by atoms with Crippen LogP contribution < -0.4 is 43.4 Å². The third-order valence-electron chi connectivity index (χ3n) is 11.7. The fourth-order valence-corrected chi connectivity index (χ4v) is 7.17. The lowest BCUT2D eigenvalue weighted by molar-refractivity contribution is -0.146. The van der Waals surface area contributed by atoms with Gasteiger partial charge in [0, 0.05) is 25.9 Å². The number of amides is 7. The Balaban J connectivity index is 2.71. The molecule has 10 atom stereocenters. The molecule has 0 aliphatic carbocycles. The number of aliphatic carboxylic acids is 2. The van der Waals surface area contributed by atoms with Gasteiger partial charge in [-0.1, -0.05) is 95.3 Å². The van der Waals surface area contributed by atoms with Gasteiger partial charge in [-0.3, -0.25) is 38.6 Å². The van der Waals surface area contributed by atoms with Gasteiger partial charge in [-0.05, 0) is 57.4 Å². The van der Waals surface area contributed by atoms with E-state index >= 15 is 0 Å². The van der Waals surface area contributed by atoms with Crippen LogP contribution in [0.15, 0.2) is 71.4 Å². The Morgan fingerprint density at radius 1 is 0.829 bits per heavy atom. The first-order valence-corrected chi connectivity index (χ1v) is 23.1. The monoisotopic (exact) mass is 981 g/mol. The van der Waals surface area contributed by atoms with E-state index in [2.05, 4.69) is 43.5 Å². The van der Waals surface area contributed by atoms with Crippen molar-refractivity contribution in [2.24, 2.45) is 40.1 Å². The van der Waals surface area contributed by atoms with Crippen LogP contribution in [0.1, 0.15) is 86.1 Å². The molecule has 1 fully saturated rings. The van der Waals surface area contributed by atoms with Crippen molar-refractivity contribution in [1.29, 1.82) is 0 Å². The van der Waals surface area contributed by atoms with E-state index in [1.165, 1.54) is 33.9 Å². The zero-order valence-electron chi connectivity index (χ0n) is 41.2. The summed E-state index contributed by atoms with van der Waals surface area (Å²) in [5.74, 6) is -13.0. The number of allylic oxidation sites excluding steroid dienone is 2. The van der Waals surface area contributed by atoms with Crippen LogP contribution >= 0.6 is 0 Å². The Morgan fingerprint density at radius 2 is 1.43 bits per heavy atom. The standard InChI is InChI=1S/C48H72N10O12/c1-25(2)22-36-45(66)57-39(47(69)70)29(6)41(62)54-34(16-13-21-51-48(49)50)44(65)53-33(18-17-26(3)23-27(4)37(59)24-32-14-11-10-12-15-32)28(5)40(61)55-35(46(67)68)19-20-38(60)58(9)31(8)43(64)52-30(7)42(63)56-36/h10-12,14-15,17-18,23,25,27-30,33-37,39,59H,8,13,16,19-22,24H2,1-7,9H3,(H,52,64)(H,53,65)(H,54,62)(H,55,61)(H,56,63)(H,57,66)(H,67,68)(H,69,70)(H4,49,50,51). The summed E-state index contributed by atoms with van der Waals surface area (Å²) in [5.41, 5.74) is 12.1. The summed E-state index contributed by atoms with van der Waals surface area (Å²) in [7, 11) is 1.20. The number of likely N-dealkylation sites (N-methyl/N-ethyl adjacent to an activating group) is 1. The van der Waals surface area contributed by atoms with E-state index in [1.54, 1.807) is 32.9 Å². The van der Waals surface area contributed by atoms with Crippen LogP contribution in [0, 0.1) is 23.7 Å². The number of hydrogen-bond donors (Lipinski definition) is 11. The minimum Gasteiger partial charge on any atom is -0.480 e. The van der Waals surface area contributed by atoms with Crippen LogP contribution in [0.2, 0.25) is 0 Å². The smallest absolute Gasteiger partial charge is 0.327 e. The van der Waals surface area contributed by atoms with Crippen molar-refractivity contribution in [3.05, 3.63) is 72.0 Å². The van der Waals surface area contributed by atoms with Gasteiger partial charge in [0.25, 0.3) is 5.91 Å². The molecule has 0 radical (unpaired) electrons. The van der Waals surface area contributed by atoms with Gasteiger partial charge in [0.15, 0.2) is 5.96 Å². The zero-order valence-corrected chi connectivity index (χ0v) is 41.2. The second kappa shape index (κ2) is 28.4. The lowest BCUT2D eigenvalue weighted by Gasteiger charge is -2.28. The van der Waals surface area contributed by atoms with Crippen molar-refractivity contribution in [2.45, 2.75) is 129 Å². The number of nitrogens with one attached hydrogen (secondary N) is 6. The first kappa shape index (κ1) is 59.0. The number of benzene rings is 1. The van der Waals surface area contributed by atoms with E-state index < -0.39 is 126 Å². The number of aliphatic imine (C=N–C) groups is 1. The van der Waals surface area contributed by atoms with Gasteiger partial charge < -0.3 is 63.6 Å². The number of carbonyl (C=O) groups is 9. The van der Waals surface area contributed by atoms with E-state index in [-0.39, 0.29) is 43.6 Å². The molecule has 0 bridgehead atoms. The molecule has 1 heterocycles. The normalized spacial score (nSPS) is 25.5. The molecule has 0 saturated carbocycles. The maximum atomic E-state index is 14.3. The molecule has 13 N–H and O–H groups in total.